The van der Waals surface area contributed by atoms with Crippen LogP contribution in [0, 0.1) is 0 Å². The highest BCUT2D eigenvalue weighted by atomic mass is 16.5. The van der Waals surface area contributed by atoms with Gasteiger partial charge in [0, 0.05) is 32.7 Å². The van der Waals surface area contributed by atoms with Gasteiger partial charge in [0.05, 0.1) is 12.6 Å². The molecule has 1 saturated heterocycles. The van der Waals surface area contributed by atoms with Gasteiger partial charge in [-0.1, -0.05) is 0 Å². The summed E-state index contributed by atoms with van der Waals surface area (Å²) in [6.07, 6.45) is 2.64. The SMILES string of the molecule is COCCNC(=O)N[C@H]1CC(=O)N(C2CC2)C1. The van der Waals surface area contributed by atoms with Crippen LogP contribution in [0.15, 0.2) is 0 Å². The fraction of sp³-hybridized carbons (Fsp3) is 0.818. The minimum absolute atomic E-state index is 0.0503. The molecule has 96 valence electrons. The van der Waals surface area contributed by atoms with Crippen molar-refractivity contribution >= 4 is 11.9 Å². The molecule has 0 unspecified atom stereocenters. The lowest BCUT2D eigenvalue weighted by atomic mass is 10.3. The van der Waals surface area contributed by atoms with Crippen molar-refractivity contribution in [3.63, 3.8) is 0 Å². The number of likely N-dealkylation sites (tertiary alicyclic amines) is 1. The number of methoxy groups -OCH3 is 1. The molecule has 6 heteroatoms. The maximum Gasteiger partial charge on any atom is 0.315 e. The summed E-state index contributed by atoms with van der Waals surface area (Å²) < 4.78 is 4.83. The van der Waals surface area contributed by atoms with E-state index in [9.17, 15) is 9.59 Å². The lowest BCUT2D eigenvalue weighted by Crippen LogP contribution is -2.44. The van der Waals surface area contributed by atoms with Gasteiger partial charge in [-0.25, -0.2) is 4.79 Å². The van der Waals surface area contributed by atoms with Gasteiger partial charge < -0.3 is 20.3 Å². The van der Waals surface area contributed by atoms with E-state index in [1.54, 1.807) is 7.11 Å². The molecule has 0 bridgehead atoms. The van der Waals surface area contributed by atoms with Gasteiger partial charge in [-0.05, 0) is 12.8 Å². The standard InChI is InChI=1S/C11H19N3O3/c1-17-5-4-12-11(16)13-8-6-10(15)14(7-8)9-2-3-9/h8-9H,2-7H2,1H3,(H2,12,13,16)/t8-/m0/s1. The van der Waals surface area contributed by atoms with Crippen molar-refractivity contribution in [3.05, 3.63) is 0 Å². The number of amides is 3. The van der Waals surface area contributed by atoms with Crippen molar-refractivity contribution in [2.75, 3.05) is 26.8 Å². The van der Waals surface area contributed by atoms with E-state index in [1.165, 1.54) is 0 Å². The van der Waals surface area contributed by atoms with Gasteiger partial charge in [-0.2, -0.15) is 0 Å². The van der Waals surface area contributed by atoms with Crippen LogP contribution >= 0.6 is 0 Å². The second-order valence-electron chi connectivity index (χ2n) is 4.57. The average molecular weight is 241 g/mol. The Morgan fingerprint density at radius 2 is 2.29 bits per heavy atom. The van der Waals surface area contributed by atoms with E-state index in [-0.39, 0.29) is 18.0 Å². The molecule has 0 aromatic carbocycles. The zero-order chi connectivity index (χ0) is 12.3. The molecule has 17 heavy (non-hydrogen) atoms. The Morgan fingerprint density at radius 1 is 1.53 bits per heavy atom. The van der Waals surface area contributed by atoms with Gasteiger partial charge in [-0.15, -0.1) is 0 Å². The Balaban J connectivity index is 1.69. The Morgan fingerprint density at radius 3 is 2.94 bits per heavy atom. The molecule has 1 aliphatic carbocycles. The van der Waals surface area contributed by atoms with Crippen LogP contribution in [0.3, 0.4) is 0 Å². The maximum atomic E-state index is 11.6. The van der Waals surface area contributed by atoms with Gasteiger partial charge in [0.2, 0.25) is 5.91 Å². The van der Waals surface area contributed by atoms with Crippen LogP contribution in [-0.2, 0) is 9.53 Å². The second-order valence-corrected chi connectivity index (χ2v) is 4.57. The quantitative estimate of drug-likeness (QED) is 0.649. The van der Waals surface area contributed by atoms with Crippen LogP contribution in [0.4, 0.5) is 4.79 Å². The highest BCUT2D eigenvalue weighted by Gasteiger charge is 2.39. The first-order valence-corrected chi connectivity index (χ1v) is 6.03. The molecule has 1 heterocycles. The highest BCUT2D eigenvalue weighted by Crippen LogP contribution is 2.30. The van der Waals surface area contributed by atoms with E-state index in [1.807, 2.05) is 4.90 Å². The lowest BCUT2D eigenvalue weighted by molar-refractivity contribution is -0.128. The number of hydrogen-bond acceptors (Lipinski definition) is 3. The third kappa shape index (κ3) is 3.33. The minimum atomic E-state index is -0.225. The molecule has 0 aromatic rings. The molecule has 0 spiro atoms. The summed E-state index contributed by atoms with van der Waals surface area (Å²) in [6, 6.07) is 0.161. The monoisotopic (exact) mass is 241 g/mol. The summed E-state index contributed by atoms with van der Waals surface area (Å²) in [4.78, 5) is 25.0. The molecule has 1 saturated carbocycles. The summed E-state index contributed by atoms with van der Waals surface area (Å²) in [5, 5.41) is 5.49. The first-order valence-electron chi connectivity index (χ1n) is 6.03. The van der Waals surface area contributed by atoms with Crippen molar-refractivity contribution < 1.29 is 14.3 Å². The van der Waals surface area contributed by atoms with Gasteiger partial charge in [0.1, 0.15) is 0 Å². The third-order valence-corrected chi connectivity index (χ3v) is 3.07. The molecule has 2 rings (SSSR count). The number of hydrogen-bond donors (Lipinski definition) is 2. The molecule has 0 aromatic heterocycles. The fourth-order valence-electron chi connectivity index (χ4n) is 2.07. The highest BCUT2D eigenvalue weighted by molar-refractivity contribution is 5.82. The zero-order valence-corrected chi connectivity index (χ0v) is 10.1. The molecule has 3 amide bonds. The van der Waals surface area contributed by atoms with Crippen LogP contribution in [-0.4, -0.2) is 55.7 Å². The van der Waals surface area contributed by atoms with E-state index in [0.29, 0.717) is 32.2 Å². The van der Waals surface area contributed by atoms with Crippen LogP contribution in [0.25, 0.3) is 0 Å². The average Bonchev–Trinajstić information content (AvgIpc) is 3.05. The zero-order valence-electron chi connectivity index (χ0n) is 10.1. The van der Waals surface area contributed by atoms with E-state index >= 15 is 0 Å². The van der Waals surface area contributed by atoms with Gasteiger partial charge in [0.15, 0.2) is 0 Å². The summed E-state index contributed by atoms with van der Waals surface area (Å²) in [5.74, 6) is 0.162. The van der Waals surface area contributed by atoms with E-state index in [2.05, 4.69) is 10.6 Å². The van der Waals surface area contributed by atoms with Crippen LogP contribution < -0.4 is 10.6 Å². The number of carbonyl (C=O) groups excluding carboxylic acids is 2. The molecule has 0 radical (unpaired) electrons. The third-order valence-electron chi connectivity index (χ3n) is 3.07. The molecular formula is C11H19N3O3. The Bertz CT molecular complexity index is 304. The number of nitrogens with zero attached hydrogens (tertiary/aromatic N) is 1. The number of urea groups is 1. The normalized spacial score (nSPS) is 23.9. The summed E-state index contributed by atoms with van der Waals surface area (Å²) in [6.45, 7) is 1.63. The summed E-state index contributed by atoms with van der Waals surface area (Å²) in [5.41, 5.74) is 0. The first kappa shape index (κ1) is 12.2. The van der Waals surface area contributed by atoms with Crippen LogP contribution in [0.5, 0.6) is 0 Å². The number of ether oxygens (including phenoxy) is 1. The van der Waals surface area contributed by atoms with Crippen LogP contribution in [0.2, 0.25) is 0 Å². The largest absolute Gasteiger partial charge is 0.383 e. The Hall–Kier alpha value is -1.30. The molecule has 1 atom stereocenters. The van der Waals surface area contributed by atoms with Crippen molar-refractivity contribution in [1.29, 1.82) is 0 Å². The molecule has 2 aliphatic rings. The van der Waals surface area contributed by atoms with E-state index in [4.69, 9.17) is 4.74 Å². The summed E-state index contributed by atoms with van der Waals surface area (Å²) in [7, 11) is 1.59. The van der Waals surface area contributed by atoms with Crippen LogP contribution in [0.1, 0.15) is 19.3 Å². The van der Waals surface area contributed by atoms with Crippen molar-refractivity contribution in [3.8, 4) is 0 Å². The molecule has 6 nitrogen and oxygen atoms in total. The van der Waals surface area contributed by atoms with E-state index in [0.717, 1.165) is 12.8 Å². The molecule has 2 N–H and O–H groups in total. The smallest absolute Gasteiger partial charge is 0.315 e. The Kier molecular flexibility index (Phi) is 3.83. The summed E-state index contributed by atoms with van der Waals surface area (Å²) >= 11 is 0. The van der Waals surface area contributed by atoms with Gasteiger partial charge in [-0.3, -0.25) is 4.79 Å². The van der Waals surface area contributed by atoms with Crippen molar-refractivity contribution in [1.82, 2.24) is 15.5 Å². The number of carbonyl (C=O) groups is 2. The molecular weight excluding hydrogens is 222 g/mol. The molecule has 1 aliphatic heterocycles. The topological polar surface area (TPSA) is 70.7 Å². The van der Waals surface area contributed by atoms with Crippen molar-refractivity contribution in [2.24, 2.45) is 0 Å². The number of rotatable bonds is 5. The number of nitrogens with one attached hydrogen (secondary N) is 2. The molecule has 2 fully saturated rings. The van der Waals surface area contributed by atoms with E-state index < -0.39 is 0 Å². The van der Waals surface area contributed by atoms with Gasteiger partial charge >= 0.3 is 6.03 Å². The maximum absolute atomic E-state index is 11.6. The predicted molar refractivity (Wildman–Crippen MR) is 61.6 cm³/mol. The van der Waals surface area contributed by atoms with Crippen molar-refractivity contribution in [2.45, 2.75) is 31.3 Å². The fourth-order valence-corrected chi connectivity index (χ4v) is 2.07. The first-order chi connectivity index (χ1) is 8.20. The lowest BCUT2D eigenvalue weighted by Gasteiger charge is -2.16. The van der Waals surface area contributed by atoms with Gasteiger partial charge in [0.25, 0.3) is 0 Å². The predicted octanol–water partition coefficient (Wildman–Crippen LogP) is -0.305. The Labute approximate surface area is 101 Å². The second kappa shape index (κ2) is 5.35. The minimum Gasteiger partial charge on any atom is -0.383 e.